The lowest BCUT2D eigenvalue weighted by Gasteiger charge is -2.39. The molecule has 0 aliphatic carbocycles. The zero-order valence-corrected chi connectivity index (χ0v) is 8.75. The molecule has 2 rings (SSSR count). The van der Waals surface area contributed by atoms with Crippen LogP contribution in [-0.2, 0) is 4.79 Å². The second kappa shape index (κ2) is 4.28. The largest absolute Gasteiger partial charge is 0.349 e. The average molecular weight is 197 g/mol. The molecule has 0 saturated carbocycles. The number of nitrogens with zero attached hydrogens (tertiary/aromatic N) is 1. The zero-order valence-electron chi connectivity index (χ0n) is 8.75. The lowest BCUT2D eigenvalue weighted by atomic mass is 10.1. The van der Waals surface area contributed by atoms with Crippen LogP contribution >= 0.6 is 0 Å². The third kappa shape index (κ3) is 2.07. The first-order valence-corrected chi connectivity index (χ1v) is 5.55. The van der Waals surface area contributed by atoms with E-state index in [0.717, 1.165) is 39.0 Å². The van der Waals surface area contributed by atoms with Gasteiger partial charge >= 0.3 is 0 Å². The summed E-state index contributed by atoms with van der Waals surface area (Å²) in [5.41, 5.74) is 0. The van der Waals surface area contributed by atoms with Crippen LogP contribution in [0.4, 0.5) is 0 Å². The van der Waals surface area contributed by atoms with E-state index >= 15 is 0 Å². The molecule has 1 unspecified atom stereocenters. The van der Waals surface area contributed by atoms with Gasteiger partial charge in [0.1, 0.15) is 0 Å². The van der Waals surface area contributed by atoms with Gasteiger partial charge in [-0.3, -0.25) is 9.69 Å². The van der Waals surface area contributed by atoms with E-state index in [1.807, 2.05) is 0 Å². The van der Waals surface area contributed by atoms with E-state index in [2.05, 4.69) is 22.5 Å². The maximum atomic E-state index is 11.7. The Labute approximate surface area is 85.0 Å². The molecule has 0 radical (unpaired) electrons. The molecule has 2 saturated heterocycles. The SMILES string of the molecule is CCN1CC(NC(=O)C2CCCN2)C1. The van der Waals surface area contributed by atoms with Crippen molar-refractivity contribution in [1.29, 1.82) is 0 Å². The van der Waals surface area contributed by atoms with Crippen LogP contribution in [0.5, 0.6) is 0 Å². The monoisotopic (exact) mass is 197 g/mol. The molecule has 0 aromatic carbocycles. The summed E-state index contributed by atoms with van der Waals surface area (Å²) in [6.07, 6.45) is 2.12. The van der Waals surface area contributed by atoms with Crippen molar-refractivity contribution in [3.05, 3.63) is 0 Å². The quantitative estimate of drug-likeness (QED) is 0.644. The third-order valence-corrected chi connectivity index (χ3v) is 3.13. The van der Waals surface area contributed by atoms with E-state index in [-0.39, 0.29) is 11.9 Å². The van der Waals surface area contributed by atoms with Crippen molar-refractivity contribution in [2.24, 2.45) is 0 Å². The first-order chi connectivity index (χ1) is 6.79. The van der Waals surface area contributed by atoms with E-state index < -0.39 is 0 Å². The first kappa shape index (κ1) is 9.93. The van der Waals surface area contributed by atoms with Crippen molar-refractivity contribution in [2.75, 3.05) is 26.2 Å². The molecule has 1 atom stereocenters. The highest BCUT2D eigenvalue weighted by Gasteiger charge is 2.29. The standard InChI is InChI=1S/C10H19N3O/c1-2-13-6-8(7-13)12-10(14)9-4-3-5-11-9/h8-9,11H,2-7H2,1H3,(H,12,14). The van der Waals surface area contributed by atoms with Gasteiger partial charge in [0, 0.05) is 13.1 Å². The van der Waals surface area contributed by atoms with Crippen LogP contribution in [0, 0.1) is 0 Å². The summed E-state index contributed by atoms with van der Waals surface area (Å²) in [6, 6.07) is 0.468. The van der Waals surface area contributed by atoms with Crippen LogP contribution in [0.3, 0.4) is 0 Å². The highest BCUT2D eigenvalue weighted by Crippen LogP contribution is 2.09. The molecule has 4 heteroatoms. The van der Waals surface area contributed by atoms with Crippen molar-refractivity contribution >= 4 is 5.91 Å². The second-order valence-electron chi connectivity index (χ2n) is 4.21. The minimum absolute atomic E-state index is 0.0747. The third-order valence-electron chi connectivity index (χ3n) is 3.13. The smallest absolute Gasteiger partial charge is 0.237 e. The van der Waals surface area contributed by atoms with E-state index in [1.54, 1.807) is 0 Å². The molecule has 14 heavy (non-hydrogen) atoms. The molecule has 2 aliphatic heterocycles. The summed E-state index contributed by atoms with van der Waals surface area (Å²) in [5, 5.41) is 6.29. The number of amides is 1. The van der Waals surface area contributed by atoms with Crippen molar-refractivity contribution in [3.8, 4) is 0 Å². The van der Waals surface area contributed by atoms with Crippen LogP contribution in [0.1, 0.15) is 19.8 Å². The normalized spacial score (nSPS) is 28.8. The summed E-state index contributed by atoms with van der Waals surface area (Å²) in [5.74, 6) is 0.197. The van der Waals surface area contributed by atoms with Gasteiger partial charge < -0.3 is 10.6 Å². The van der Waals surface area contributed by atoms with E-state index in [1.165, 1.54) is 0 Å². The highest BCUT2D eigenvalue weighted by atomic mass is 16.2. The Bertz CT molecular complexity index is 207. The molecule has 0 spiro atoms. The van der Waals surface area contributed by atoms with Crippen LogP contribution in [-0.4, -0.2) is 49.1 Å². The summed E-state index contributed by atoms with van der Waals surface area (Å²) in [4.78, 5) is 14.0. The van der Waals surface area contributed by atoms with Gasteiger partial charge in [0.2, 0.25) is 5.91 Å². The molecule has 2 N–H and O–H groups in total. The van der Waals surface area contributed by atoms with Crippen LogP contribution in [0.25, 0.3) is 0 Å². The minimum atomic E-state index is 0.0747. The van der Waals surface area contributed by atoms with Gasteiger partial charge in [0.05, 0.1) is 12.1 Å². The predicted molar refractivity (Wildman–Crippen MR) is 55.1 cm³/mol. The number of carbonyl (C=O) groups excluding carboxylic acids is 1. The van der Waals surface area contributed by atoms with Crippen LogP contribution < -0.4 is 10.6 Å². The molecular formula is C10H19N3O. The Hall–Kier alpha value is -0.610. The summed E-state index contributed by atoms with van der Waals surface area (Å²) < 4.78 is 0. The molecule has 1 amide bonds. The maximum Gasteiger partial charge on any atom is 0.237 e. The van der Waals surface area contributed by atoms with Crippen LogP contribution in [0.15, 0.2) is 0 Å². The molecule has 2 heterocycles. The Morgan fingerprint density at radius 3 is 2.93 bits per heavy atom. The molecule has 0 aromatic heterocycles. The average Bonchev–Trinajstić information content (AvgIpc) is 2.62. The zero-order chi connectivity index (χ0) is 9.97. The fourth-order valence-corrected chi connectivity index (χ4v) is 2.13. The Kier molecular flexibility index (Phi) is 3.03. The van der Waals surface area contributed by atoms with E-state index in [9.17, 15) is 4.79 Å². The van der Waals surface area contributed by atoms with E-state index in [4.69, 9.17) is 0 Å². The van der Waals surface area contributed by atoms with Crippen LogP contribution in [0.2, 0.25) is 0 Å². The number of likely N-dealkylation sites (tertiary alicyclic amines) is 1. The van der Waals surface area contributed by atoms with Crippen molar-refractivity contribution in [2.45, 2.75) is 31.8 Å². The number of nitrogens with one attached hydrogen (secondary N) is 2. The van der Waals surface area contributed by atoms with Crippen molar-refractivity contribution in [1.82, 2.24) is 15.5 Å². The van der Waals surface area contributed by atoms with Gasteiger partial charge in [-0.25, -0.2) is 0 Å². The maximum absolute atomic E-state index is 11.7. The number of hydrogen-bond donors (Lipinski definition) is 2. The van der Waals surface area contributed by atoms with Crippen molar-refractivity contribution in [3.63, 3.8) is 0 Å². The molecular weight excluding hydrogens is 178 g/mol. The van der Waals surface area contributed by atoms with E-state index in [0.29, 0.717) is 6.04 Å². The molecule has 2 aliphatic rings. The second-order valence-corrected chi connectivity index (χ2v) is 4.21. The lowest BCUT2D eigenvalue weighted by Crippen LogP contribution is -2.60. The molecule has 0 aromatic rings. The van der Waals surface area contributed by atoms with Gasteiger partial charge in [-0.05, 0) is 25.9 Å². The molecule has 0 bridgehead atoms. The number of rotatable bonds is 3. The van der Waals surface area contributed by atoms with Gasteiger partial charge in [-0.2, -0.15) is 0 Å². The Morgan fingerprint density at radius 2 is 2.36 bits per heavy atom. The minimum Gasteiger partial charge on any atom is -0.349 e. The molecule has 2 fully saturated rings. The fourth-order valence-electron chi connectivity index (χ4n) is 2.13. The predicted octanol–water partition coefficient (Wildman–Crippen LogP) is -0.441. The molecule has 4 nitrogen and oxygen atoms in total. The Balaban J connectivity index is 1.68. The first-order valence-electron chi connectivity index (χ1n) is 5.55. The summed E-state index contributed by atoms with van der Waals surface area (Å²) in [6.45, 7) is 6.28. The van der Waals surface area contributed by atoms with Gasteiger partial charge in [-0.15, -0.1) is 0 Å². The van der Waals surface area contributed by atoms with Crippen molar-refractivity contribution < 1.29 is 4.79 Å². The lowest BCUT2D eigenvalue weighted by molar-refractivity contribution is -0.124. The number of carbonyl (C=O) groups is 1. The summed E-state index contributed by atoms with van der Waals surface area (Å²) in [7, 11) is 0. The van der Waals surface area contributed by atoms with Gasteiger partial charge in [0.25, 0.3) is 0 Å². The van der Waals surface area contributed by atoms with Gasteiger partial charge in [0.15, 0.2) is 0 Å². The number of hydrogen-bond acceptors (Lipinski definition) is 3. The Morgan fingerprint density at radius 1 is 1.57 bits per heavy atom. The number of likely N-dealkylation sites (N-methyl/N-ethyl adjacent to an activating group) is 1. The van der Waals surface area contributed by atoms with Gasteiger partial charge in [-0.1, -0.05) is 6.92 Å². The molecule has 80 valence electrons. The fraction of sp³-hybridized carbons (Fsp3) is 0.900. The topological polar surface area (TPSA) is 44.4 Å². The highest BCUT2D eigenvalue weighted by molar-refractivity contribution is 5.82. The summed E-state index contributed by atoms with van der Waals surface area (Å²) >= 11 is 0.